The van der Waals surface area contributed by atoms with Gasteiger partial charge in [-0.1, -0.05) is 6.07 Å². The highest BCUT2D eigenvalue weighted by molar-refractivity contribution is 5.71. The summed E-state index contributed by atoms with van der Waals surface area (Å²) < 4.78 is 28.3. The highest BCUT2D eigenvalue weighted by Crippen LogP contribution is 2.17. The van der Waals surface area contributed by atoms with E-state index in [9.17, 15) is 13.6 Å². The summed E-state index contributed by atoms with van der Waals surface area (Å²) in [5.41, 5.74) is 0.506. The number of nitrogens with one attached hydrogen (secondary N) is 1. The van der Waals surface area contributed by atoms with Gasteiger partial charge in [0.2, 0.25) is 6.41 Å². The molecule has 1 aromatic carbocycles. The van der Waals surface area contributed by atoms with Crippen LogP contribution in [0.25, 0.3) is 0 Å². The molecule has 0 fully saturated rings. The molecular formula is C9H9F2NO2. The normalized spacial score (nSPS) is 9.93. The Kier molecular flexibility index (Phi) is 3.84. The summed E-state index contributed by atoms with van der Waals surface area (Å²) in [5, 5.41) is 2.39. The molecule has 76 valence electrons. The maximum atomic E-state index is 11.8. The second-order valence-electron chi connectivity index (χ2n) is 2.49. The van der Waals surface area contributed by atoms with Crippen molar-refractivity contribution in [2.24, 2.45) is 0 Å². The molecule has 1 rings (SSSR count). The van der Waals surface area contributed by atoms with Crippen LogP contribution in [0.4, 0.5) is 14.5 Å². The van der Waals surface area contributed by atoms with Gasteiger partial charge in [-0.05, 0) is 12.1 Å². The standard InChI is InChI=1S/C9H9F2NO2/c10-9(11)5-14-8-3-1-2-7(4-8)12-6-13/h1-4,6,9H,5H2,(H,12,13). The predicted molar refractivity (Wildman–Crippen MR) is 47.6 cm³/mol. The van der Waals surface area contributed by atoms with Gasteiger partial charge in [0.25, 0.3) is 6.43 Å². The number of carbonyl (C=O) groups excluding carboxylic acids is 1. The van der Waals surface area contributed by atoms with E-state index in [1.165, 1.54) is 6.07 Å². The number of alkyl halides is 2. The van der Waals surface area contributed by atoms with Crippen LogP contribution in [-0.4, -0.2) is 19.4 Å². The van der Waals surface area contributed by atoms with Crippen molar-refractivity contribution in [2.45, 2.75) is 6.43 Å². The number of hydrogen-bond donors (Lipinski definition) is 1. The van der Waals surface area contributed by atoms with Gasteiger partial charge >= 0.3 is 0 Å². The number of hydrogen-bond acceptors (Lipinski definition) is 2. The minimum atomic E-state index is -2.50. The van der Waals surface area contributed by atoms with Crippen LogP contribution in [0.15, 0.2) is 24.3 Å². The smallest absolute Gasteiger partial charge is 0.272 e. The fourth-order valence-corrected chi connectivity index (χ4v) is 0.903. The van der Waals surface area contributed by atoms with Gasteiger partial charge in [-0.2, -0.15) is 0 Å². The number of anilines is 1. The van der Waals surface area contributed by atoms with Crippen molar-refractivity contribution in [1.29, 1.82) is 0 Å². The Morgan fingerprint density at radius 2 is 2.29 bits per heavy atom. The minimum absolute atomic E-state index is 0.303. The van der Waals surface area contributed by atoms with E-state index < -0.39 is 13.0 Å². The topological polar surface area (TPSA) is 38.3 Å². The fraction of sp³-hybridized carbons (Fsp3) is 0.222. The third-order valence-corrected chi connectivity index (χ3v) is 1.44. The SMILES string of the molecule is O=CNc1cccc(OCC(F)F)c1. The summed E-state index contributed by atoms with van der Waals surface area (Å²) in [6.45, 7) is -0.648. The van der Waals surface area contributed by atoms with Gasteiger partial charge in [-0.3, -0.25) is 4.79 Å². The average molecular weight is 201 g/mol. The van der Waals surface area contributed by atoms with Gasteiger partial charge in [0, 0.05) is 11.8 Å². The van der Waals surface area contributed by atoms with Crippen molar-refractivity contribution in [3.05, 3.63) is 24.3 Å². The van der Waals surface area contributed by atoms with Gasteiger partial charge < -0.3 is 10.1 Å². The fourth-order valence-electron chi connectivity index (χ4n) is 0.903. The third-order valence-electron chi connectivity index (χ3n) is 1.44. The molecule has 1 amide bonds. The van der Waals surface area contributed by atoms with Crippen LogP contribution >= 0.6 is 0 Å². The molecule has 0 saturated carbocycles. The molecule has 0 aromatic heterocycles. The Morgan fingerprint density at radius 1 is 1.50 bits per heavy atom. The average Bonchev–Trinajstić information content (AvgIpc) is 2.16. The Morgan fingerprint density at radius 3 is 2.93 bits per heavy atom. The molecule has 0 spiro atoms. The first kappa shape index (κ1) is 10.4. The lowest BCUT2D eigenvalue weighted by molar-refractivity contribution is -0.105. The van der Waals surface area contributed by atoms with Crippen LogP contribution in [0.1, 0.15) is 0 Å². The van der Waals surface area contributed by atoms with Crippen LogP contribution < -0.4 is 10.1 Å². The van der Waals surface area contributed by atoms with Crippen LogP contribution in [0.5, 0.6) is 5.75 Å². The summed E-state index contributed by atoms with van der Waals surface area (Å²) in [6.07, 6.45) is -2.00. The second kappa shape index (κ2) is 5.16. The van der Waals surface area contributed by atoms with Gasteiger partial charge in [-0.15, -0.1) is 0 Å². The second-order valence-corrected chi connectivity index (χ2v) is 2.49. The Hall–Kier alpha value is -1.65. The van der Waals surface area contributed by atoms with Crippen LogP contribution in [0.3, 0.4) is 0 Å². The summed E-state index contributed by atoms with van der Waals surface area (Å²) in [6, 6.07) is 6.24. The number of halogens is 2. The van der Waals surface area contributed by atoms with Crippen molar-refractivity contribution in [3.63, 3.8) is 0 Å². The molecule has 0 aliphatic rings. The third kappa shape index (κ3) is 3.38. The van der Waals surface area contributed by atoms with E-state index in [-0.39, 0.29) is 0 Å². The lowest BCUT2D eigenvalue weighted by Crippen LogP contribution is -2.07. The van der Waals surface area contributed by atoms with Gasteiger partial charge in [0.15, 0.2) is 0 Å². The van der Waals surface area contributed by atoms with E-state index in [2.05, 4.69) is 5.32 Å². The van der Waals surface area contributed by atoms with Gasteiger partial charge in [0.05, 0.1) is 0 Å². The van der Waals surface area contributed by atoms with E-state index in [1.807, 2.05) is 0 Å². The number of ether oxygens (including phenoxy) is 1. The highest BCUT2D eigenvalue weighted by atomic mass is 19.3. The minimum Gasteiger partial charge on any atom is -0.488 e. The number of amides is 1. The summed E-state index contributed by atoms with van der Waals surface area (Å²) >= 11 is 0. The van der Waals surface area contributed by atoms with E-state index in [0.717, 1.165) is 0 Å². The van der Waals surface area contributed by atoms with Crippen molar-refractivity contribution in [3.8, 4) is 5.75 Å². The lowest BCUT2D eigenvalue weighted by Gasteiger charge is -2.06. The van der Waals surface area contributed by atoms with Crippen molar-refractivity contribution in [2.75, 3.05) is 11.9 Å². The zero-order chi connectivity index (χ0) is 10.4. The first-order chi connectivity index (χ1) is 6.72. The molecule has 1 N–H and O–H groups in total. The first-order valence-electron chi connectivity index (χ1n) is 3.93. The molecule has 14 heavy (non-hydrogen) atoms. The zero-order valence-electron chi connectivity index (χ0n) is 7.24. The monoisotopic (exact) mass is 201 g/mol. The maximum Gasteiger partial charge on any atom is 0.272 e. The molecule has 5 heteroatoms. The molecule has 0 unspecified atom stereocenters. The van der Waals surface area contributed by atoms with E-state index in [4.69, 9.17) is 4.74 Å². The number of rotatable bonds is 5. The van der Waals surface area contributed by atoms with Gasteiger partial charge in [-0.25, -0.2) is 8.78 Å². The Balaban J connectivity index is 2.58. The molecule has 0 aliphatic carbocycles. The molecule has 0 saturated heterocycles. The van der Waals surface area contributed by atoms with Crippen LogP contribution in [-0.2, 0) is 4.79 Å². The van der Waals surface area contributed by atoms with Crippen molar-refractivity contribution < 1.29 is 18.3 Å². The van der Waals surface area contributed by atoms with E-state index in [0.29, 0.717) is 17.8 Å². The number of benzene rings is 1. The van der Waals surface area contributed by atoms with E-state index >= 15 is 0 Å². The quantitative estimate of drug-likeness (QED) is 0.739. The lowest BCUT2D eigenvalue weighted by atomic mass is 10.3. The molecule has 0 radical (unpaired) electrons. The predicted octanol–water partition coefficient (Wildman–Crippen LogP) is 1.90. The Bertz CT molecular complexity index is 305. The highest BCUT2D eigenvalue weighted by Gasteiger charge is 2.03. The van der Waals surface area contributed by atoms with Gasteiger partial charge in [0.1, 0.15) is 12.4 Å². The van der Waals surface area contributed by atoms with Crippen molar-refractivity contribution >= 4 is 12.1 Å². The summed E-state index contributed by atoms with van der Waals surface area (Å²) in [4.78, 5) is 10.1. The molecule has 1 aromatic rings. The molecular weight excluding hydrogens is 192 g/mol. The number of carbonyl (C=O) groups is 1. The van der Waals surface area contributed by atoms with Crippen LogP contribution in [0.2, 0.25) is 0 Å². The largest absolute Gasteiger partial charge is 0.488 e. The zero-order valence-corrected chi connectivity index (χ0v) is 7.24. The van der Waals surface area contributed by atoms with Crippen molar-refractivity contribution in [1.82, 2.24) is 0 Å². The first-order valence-corrected chi connectivity index (χ1v) is 3.93. The Labute approximate surface area is 79.7 Å². The molecule has 0 aliphatic heterocycles. The summed E-state index contributed by atoms with van der Waals surface area (Å²) in [5.74, 6) is 0.303. The molecule has 0 bridgehead atoms. The summed E-state index contributed by atoms with van der Waals surface area (Å²) in [7, 11) is 0. The van der Waals surface area contributed by atoms with E-state index in [1.54, 1.807) is 18.2 Å². The van der Waals surface area contributed by atoms with Crippen LogP contribution in [0, 0.1) is 0 Å². The molecule has 0 heterocycles. The maximum absolute atomic E-state index is 11.8. The molecule has 3 nitrogen and oxygen atoms in total. The molecule has 0 atom stereocenters.